The molecule has 0 spiro atoms. The van der Waals surface area contributed by atoms with Crippen LogP contribution in [0.1, 0.15) is 50.3 Å². The predicted octanol–water partition coefficient (Wildman–Crippen LogP) is 4.29. The zero-order valence-corrected chi connectivity index (χ0v) is 31.5. The van der Waals surface area contributed by atoms with Crippen LogP contribution >= 0.6 is 8.58 Å². The number of hydrogen-bond donors (Lipinski definition) is 3. The van der Waals surface area contributed by atoms with Crippen LogP contribution in [0.25, 0.3) is 10.9 Å². The highest BCUT2D eigenvalue weighted by Crippen LogP contribution is 2.31. The molecule has 2 aromatic carbocycles. The number of nitrogens with two attached hydrogens (primary N) is 2. The van der Waals surface area contributed by atoms with Gasteiger partial charge in [-0.05, 0) is 102 Å². The minimum absolute atomic E-state index is 0.0362. The summed E-state index contributed by atoms with van der Waals surface area (Å²) in [6.07, 6.45) is 2.16. The fraction of sp³-hybridized carbons (Fsp3) is 0.412. The van der Waals surface area contributed by atoms with Crippen molar-refractivity contribution in [3.63, 3.8) is 0 Å². The van der Waals surface area contributed by atoms with Gasteiger partial charge in [0.05, 0.1) is 22.1 Å². The Balaban J connectivity index is 1.54. The summed E-state index contributed by atoms with van der Waals surface area (Å²) in [7, 11) is -0.363. The van der Waals surface area contributed by atoms with Crippen molar-refractivity contribution in [1.82, 2.24) is 25.1 Å². The number of benzene rings is 2. The first-order valence-corrected chi connectivity index (χ1v) is 19.5. The predicted molar refractivity (Wildman–Crippen MR) is 199 cm³/mol. The van der Waals surface area contributed by atoms with Gasteiger partial charge in [0, 0.05) is 43.5 Å². The summed E-state index contributed by atoms with van der Waals surface area (Å²) < 4.78 is 32.5. The number of nitrogens with one attached hydrogen (secondary N) is 1. The summed E-state index contributed by atoms with van der Waals surface area (Å²) in [6.45, 7) is 7.38. The summed E-state index contributed by atoms with van der Waals surface area (Å²) >= 11 is 0. The van der Waals surface area contributed by atoms with E-state index in [1.165, 1.54) is 18.3 Å². The third-order valence-corrected chi connectivity index (χ3v) is 10.4. The van der Waals surface area contributed by atoms with Gasteiger partial charge in [0.2, 0.25) is 21.9 Å². The second-order valence-electron chi connectivity index (χ2n) is 12.3. The van der Waals surface area contributed by atoms with Crippen molar-refractivity contribution in [1.29, 1.82) is 0 Å². The van der Waals surface area contributed by atoms with Crippen LogP contribution in [0.4, 0.5) is 27.9 Å². The molecular weight excluding hydrogens is 693 g/mol. The SMILES string of the molecule is CPC(=O)[C@H](CCN)NC(=O)CCCCC(C)OC(=O)N(c1ccc(C)c(S(N)(=O)=O)c1)c1nccc(N(C)c2ccc3c(C)n(C)nc3c2)n1. The third-order valence-electron chi connectivity index (χ3n) is 8.51. The minimum Gasteiger partial charge on any atom is -0.446 e. The van der Waals surface area contributed by atoms with Gasteiger partial charge in [0.15, 0.2) is 5.52 Å². The van der Waals surface area contributed by atoms with Crippen LogP contribution in [-0.4, -0.2) is 78.1 Å². The number of nitrogens with zero attached hydrogens (tertiary/aromatic N) is 6. The Hall–Kier alpha value is -4.50. The highest BCUT2D eigenvalue weighted by atomic mass is 32.2. The molecule has 15 nitrogen and oxygen atoms in total. The van der Waals surface area contributed by atoms with E-state index in [4.69, 9.17) is 15.6 Å². The fourth-order valence-electron chi connectivity index (χ4n) is 5.51. The van der Waals surface area contributed by atoms with E-state index in [2.05, 4.69) is 20.4 Å². The second kappa shape index (κ2) is 17.1. The molecule has 17 heteroatoms. The Bertz CT molecular complexity index is 2010. The number of ether oxygens (including phenoxy) is 1. The van der Waals surface area contributed by atoms with Gasteiger partial charge in [0.1, 0.15) is 11.9 Å². The molecule has 2 aromatic heterocycles. The van der Waals surface area contributed by atoms with Gasteiger partial charge in [-0.15, -0.1) is 0 Å². The number of carbonyl (C=O) groups excluding carboxylic acids is 3. The Labute approximate surface area is 300 Å². The van der Waals surface area contributed by atoms with Crippen LogP contribution in [-0.2, 0) is 31.4 Å². The summed E-state index contributed by atoms with van der Waals surface area (Å²) in [6, 6.07) is 11.3. The first-order valence-electron chi connectivity index (χ1n) is 16.5. The van der Waals surface area contributed by atoms with E-state index in [1.54, 1.807) is 32.6 Å². The lowest BCUT2D eigenvalue weighted by Crippen LogP contribution is -2.40. The third kappa shape index (κ3) is 9.85. The van der Waals surface area contributed by atoms with Crippen molar-refractivity contribution in [3.8, 4) is 0 Å². The summed E-state index contributed by atoms with van der Waals surface area (Å²) in [4.78, 5) is 50.2. The molecule has 0 bridgehead atoms. The number of primary sulfonamides is 1. The van der Waals surface area contributed by atoms with E-state index in [1.807, 2.05) is 48.8 Å². The van der Waals surface area contributed by atoms with Crippen LogP contribution in [0.5, 0.6) is 0 Å². The minimum atomic E-state index is -4.13. The molecule has 2 unspecified atom stereocenters. The first kappa shape index (κ1) is 39.3. The number of sulfonamides is 1. The van der Waals surface area contributed by atoms with Gasteiger partial charge < -0.3 is 20.7 Å². The van der Waals surface area contributed by atoms with Gasteiger partial charge in [-0.3, -0.25) is 14.3 Å². The van der Waals surface area contributed by atoms with Gasteiger partial charge in [-0.2, -0.15) is 10.1 Å². The van der Waals surface area contributed by atoms with Crippen molar-refractivity contribution >= 4 is 70.2 Å². The number of hydrogen-bond acceptors (Lipinski definition) is 11. The smallest absolute Gasteiger partial charge is 0.421 e. The second-order valence-corrected chi connectivity index (χ2v) is 14.8. The molecule has 0 saturated heterocycles. The van der Waals surface area contributed by atoms with E-state index in [0.29, 0.717) is 43.6 Å². The molecule has 0 fully saturated rings. The molecular formula is C34H46N9O6PS. The van der Waals surface area contributed by atoms with Crippen molar-refractivity contribution < 1.29 is 27.5 Å². The van der Waals surface area contributed by atoms with Crippen LogP contribution in [0.15, 0.2) is 53.6 Å². The van der Waals surface area contributed by atoms with E-state index in [0.717, 1.165) is 27.2 Å². The Morgan fingerprint density at radius 3 is 2.47 bits per heavy atom. The standard InChI is InChI=1S/C34H46N9O6PS/c1-21-11-12-25(20-29(21)51(36,47)48)43(34(46)49-22(2)9-7-8-10-31(44)38-27(15-17-35)32(45)50-6)33-37-18-16-30(39-33)41(4)24-13-14-26-23(3)42(5)40-28(26)19-24/h11-14,16,18-20,22,27,50H,7-10,15,17,35H2,1-6H3,(H,38,44)(H2,36,47,48)/t22?,27-/m0/s1. The van der Waals surface area contributed by atoms with Crippen molar-refractivity contribution in [2.24, 2.45) is 17.9 Å². The zero-order chi connectivity index (χ0) is 37.5. The van der Waals surface area contributed by atoms with Gasteiger partial charge >= 0.3 is 6.09 Å². The molecule has 5 N–H and O–H groups in total. The lowest BCUT2D eigenvalue weighted by Gasteiger charge is -2.25. The molecule has 3 atom stereocenters. The molecule has 0 aliphatic carbocycles. The monoisotopic (exact) mass is 739 g/mol. The van der Waals surface area contributed by atoms with Crippen LogP contribution in [0, 0.1) is 13.8 Å². The molecule has 4 rings (SSSR count). The number of anilines is 4. The molecule has 274 valence electrons. The van der Waals surface area contributed by atoms with Crippen molar-refractivity contribution in [2.75, 3.05) is 30.1 Å². The maximum absolute atomic E-state index is 13.9. The largest absolute Gasteiger partial charge is 0.446 e. The number of aromatic nitrogens is 4. The molecule has 0 aliphatic rings. The summed E-state index contributed by atoms with van der Waals surface area (Å²) in [5, 5.41) is 13.9. The summed E-state index contributed by atoms with van der Waals surface area (Å²) in [5.74, 6) is 0.157. The maximum Gasteiger partial charge on any atom is 0.421 e. The lowest BCUT2D eigenvalue weighted by atomic mass is 10.1. The first-order chi connectivity index (χ1) is 24.1. The number of unbranched alkanes of at least 4 members (excludes halogenated alkanes) is 1. The molecule has 2 heterocycles. The molecule has 0 aliphatic heterocycles. The normalized spacial score (nSPS) is 12.9. The van der Waals surface area contributed by atoms with E-state index >= 15 is 0 Å². The highest BCUT2D eigenvalue weighted by Gasteiger charge is 2.27. The Morgan fingerprint density at radius 1 is 1.06 bits per heavy atom. The number of rotatable bonds is 16. The molecule has 0 saturated carbocycles. The number of amides is 2. The van der Waals surface area contributed by atoms with E-state index in [-0.39, 0.29) is 43.0 Å². The van der Waals surface area contributed by atoms with Crippen molar-refractivity contribution in [3.05, 3.63) is 59.9 Å². The highest BCUT2D eigenvalue weighted by molar-refractivity contribution is 7.89. The van der Waals surface area contributed by atoms with Gasteiger partial charge in [0.25, 0.3) is 0 Å². The topological polar surface area (TPSA) is 209 Å². The fourth-order valence-corrected chi connectivity index (χ4v) is 6.88. The van der Waals surface area contributed by atoms with E-state index < -0.39 is 28.3 Å². The number of carbonyl (C=O) groups is 3. The molecule has 4 aromatic rings. The Kier molecular flexibility index (Phi) is 13.2. The maximum atomic E-state index is 13.9. The lowest BCUT2D eigenvalue weighted by molar-refractivity contribution is -0.125. The number of fused-ring (bicyclic) bond motifs is 1. The van der Waals surface area contributed by atoms with Crippen molar-refractivity contribution in [2.45, 2.75) is 69.9 Å². The molecule has 51 heavy (non-hydrogen) atoms. The zero-order valence-electron chi connectivity index (χ0n) is 29.7. The summed E-state index contributed by atoms with van der Waals surface area (Å²) in [5.41, 5.74) is 8.73. The average Bonchev–Trinajstić information content (AvgIpc) is 3.37. The van der Waals surface area contributed by atoms with Crippen LogP contribution in [0.3, 0.4) is 0 Å². The van der Waals surface area contributed by atoms with Crippen LogP contribution < -0.4 is 26.0 Å². The van der Waals surface area contributed by atoms with Gasteiger partial charge in [-0.25, -0.2) is 28.2 Å². The van der Waals surface area contributed by atoms with E-state index in [9.17, 15) is 22.8 Å². The van der Waals surface area contributed by atoms with Crippen LogP contribution in [0.2, 0.25) is 0 Å². The quantitative estimate of drug-likeness (QED) is 0.109. The average molecular weight is 740 g/mol. The molecule has 2 amide bonds. The Morgan fingerprint density at radius 2 is 1.78 bits per heavy atom. The molecule has 0 radical (unpaired) electrons. The number of aryl methyl sites for hydroxylation is 3. The van der Waals surface area contributed by atoms with Gasteiger partial charge in [-0.1, -0.05) is 14.6 Å².